The Kier molecular flexibility index (Phi) is 4.31. The van der Waals surface area contributed by atoms with E-state index in [1.54, 1.807) is 14.0 Å². The molecular weight excluding hydrogens is 330 g/mol. The van der Waals surface area contributed by atoms with Crippen LogP contribution in [0.5, 0.6) is 5.88 Å². The largest absolute Gasteiger partial charge is 0.481 e. The van der Waals surface area contributed by atoms with E-state index in [4.69, 9.17) is 9.73 Å². The molecule has 2 aliphatic heterocycles. The minimum atomic E-state index is -1.06. The van der Waals surface area contributed by atoms with E-state index in [-0.39, 0.29) is 12.2 Å². The molecule has 0 bridgehead atoms. The molecule has 0 spiro atoms. The minimum absolute atomic E-state index is 0.115. The molecular formula is C20H25N3O3. The molecule has 1 aliphatic carbocycles. The van der Waals surface area contributed by atoms with Crippen LogP contribution < -0.4 is 9.64 Å². The van der Waals surface area contributed by atoms with E-state index < -0.39 is 5.60 Å². The van der Waals surface area contributed by atoms with E-state index in [1.807, 2.05) is 18.2 Å². The van der Waals surface area contributed by atoms with E-state index >= 15 is 0 Å². The third-order valence-electron chi connectivity index (χ3n) is 5.66. The van der Waals surface area contributed by atoms with Gasteiger partial charge in [-0.3, -0.25) is 9.79 Å². The van der Waals surface area contributed by atoms with Gasteiger partial charge in [-0.1, -0.05) is 6.07 Å². The summed E-state index contributed by atoms with van der Waals surface area (Å²) >= 11 is 0. The summed E-state index contributed by atoms with van der Waals surface area (Å²) in [5, 5.41) is 10.8. The van der Waals surface area contributed by atoms with Gasteiger partial charge in [-0.25, -0.2) is 0 Å². The highest BCUT2D eigenvalue weighted by Gasteiger charge is 2.43. The van der Waals surface area contributed by atoms with Crippen molar-refractivity contribution in [2.24, 2.45) is 10.9 Å². The zero-order chi connectivity index (χ0) is 18.3. The van der Waals surface area contributed by atoms with Gasteiger partial charge in [-0.15, -0.1) is 0 Å². The van der Waals surface area contributed by atoms with Crippen LogP contribution in [0.3, 0.4) is 0 Å². The summed E-state index contributed by atoms with van der Waals surface area (Å²) in [5.74, 6) is 2.02. The van der Waals surface area contributed by atoms with Crippen LogP contribution in [-0.2, 0) is 4.79 Å². The number of hydrogen-bond donors (Lipinski definition) is 1. The summed E-state index contributed by atoms with van der Waals surface area (Å²) in [7, 11) is 1.63. The average molecular weight is 355 g/mol. The lowest BCUT2D eigenvalue weighted by Gasteiger charge is -2.37. The average Bonchev–Trinajstić information content (AvgIpc) is 3.06. The number of hydrogen-bond acceptors (Lipinski definition) is 6. The van der Waals surface area contributed by atoms with Gasteiger partial charge in [0.05, 0.1) is 19.3 Å². The van der Waals surface area contributed by atoms with E-state index in [1.165, 1.54) is 0 Å². The third kappa shape index (κ3) is 3.03. The Balaban J connectivity index is 1.48. The second-order valence-electron chi connectivity index (χ2n) is 7.65. The Morgan fingerprint density at radius 3 is 2.81 bits per heavy atom. The van der Waals surface area contributed by atoms with Crippen molar-refractivity contribution in [1.82, 2.24) is 4.98 Å². The van der Waals surface area contributed by atoms with Crippen LogP contribution in [0.4, 0.5) is 5.82 Å². The van der Waals surface area contributed by atoms with Crippen molar-refractivity contribution in [1.29, 1.82) is 0 Å². The fourth-order valence-corrected chi connectivity index (χ4v) is 4.50. The Labute approximate surface area is 153 Å². The molecule has 1 fully saturated rings. The maximum absolute atomic E-state index is 11.9. The second-order valence-corrected chi connectivity index (χ2v) is 7.65. The van der Waals surface area contributed by atoms with Gasteiger partial charge in [0.2, 0.25) is 5.88 Å². The maximum Gasteiger partial charge on any atom is 0.214 e. The second kappa shape index (κ2) is 6.50. The molecule has 3 heterocycles. The fourth-order valence-electron chi connectivity index (χ4n) is 4.50. The van der Waals surface area contributed by atoms with E-state index in [2.05, 4.69) is 9.88 Å². The predicted octanol–water partition coefficient (Wildman–Crippen LogP) is 2.17. The molecule has 0 saturated carbocycles. The number of nitrogens with zero attached hydrogens (tertiary/aromatic N) is 3. The van der Waals surface area contributed by atoms with Crippen LogP contribution in [0, 0.1) is 5.92 Å². The summed E-state index contributed by atoms with van der Waals surface area (Å²) in [6.45, 7) is 4.13. The quantitative estimate of drug-likeness (QED) is 0.899. The maximum atomic E-state index is 11.9. The van der Waals surface area contributed by atoms with Gasteiger partial charge in [0.15, 0.2) is 0 Å². The highest BCUT2D eigenvalue weighted by Crippen LogP contribution is 2.40. The molecule has 138 valence electrons. The Morgan fingerprint density at radius 1 is 1.31 bits per heavy atom. The van der Waals surface area contributed by atoms with Crippen molar-refractivity contribution < 1.29 is 14.6 Å². The number of aliphatic hydroxyl groups is 1. The lowest BCUT2D eigenvalue weighted by Crippen LogP contribution is -2.42. The first-order valence-electron chi connectivity index (χ1n) is 9.25. The minimum Gasteiger partial charge on any atom is -0.481 e. The first-order chi connectivity index (χ1) is 12.5. The number of aromatic nitrogens is 1. The standard InChI is InChI=1S/C20H25N3O3/c1-20(25)11-15(24)10-14-12-21-19(18(14)20)13-6-8-23(9-7-13)16-4-3-5-17(22-16)26-2/h3-5,13,25H,6-12H2,1-2H3. The van der Waals surface area contributed by atoms with E-state index in [0.717, 1.165) is 48.6 Å². The lowest BCUT2D eigenvalue weighted by atomic mass is 9.74. The van der Waals surface area contributed by atoms with Crippen molar-refractivity contribution in [3.05, 3.63) is 29.3 Å². The van der Waals surface area contributed by atoms with Crippen molar-refractivity contribution in [3.8, 4) is 5.88 Å². The Hall–Kier alpha value is -2.21. The molecule has 0 amide bonds. The molecule has 26 heavy (non-hydrogen) atoms. The third-order valence-corrected chi connectivity index (χ3v) is 5.66. The zero-order valence-corrected chi connectivity index (χ0v) is 15.4. The monoisotopic (exact) mass is 355 g/mol. The van der Waals surface area contributed by atoms with Crippen LogP contribution in [0.15, 0.2) is 34.3 Å². The first-order valence-corrected chi connectivity index (χ1v) is 9.25. The highest BCUT2D eigenvalue weighted by molar-refractivity contribution is 6.08. The SMILES string of the molecule is COc1cccc(N2CCC(C3=NCC4=C3C(C)(O)CC(=O)C4)CC2)n1. The topological polar surface area (TPSA) is 75.0 Å². The number of anilines is 1. The number of carbonyl (C=O) groups excluding carboxylic acids is 1. The van der Waals surface area contributed by atoms with Gasteiger partial charge < -0.3 is 14.7 Å². The molecule has 1 saturated heterocycles. The number of pyridine rings is 1. The van der Waals surface area contributed by atoms with Crippen molar-refractivity contribution in [2.45, 2.75) is 38.2 Å². The number of ketones is 1. The van der Waals surface area contributed by atoms with E-state index in [9.17, 15) is 9.90 Å². The lowest BCUT2D eigenvalue weighted by molar-refractivity contribution is -0.122. The zero-order valence-electron chi connectivity index (χ0n) is 15.4. The Morgan fingerprint density at radius 2 is 2.08 bits per heavy atom. The smallest absolute Gasteiger partial charge is 0.214 e. The van der Waals surface area contributed by atoms with Crippen LogP contribution in [0.1, 0.15) is 32.6 Å². The van der Waals surface area contributed by atoms with E-state index in [0.29, 0.717) is 24.8 Å². The summed E-state index contributed by atoms with van der Waals surface area (Å²) < 4.78 is 5.22. The van der Waals surface area contributed by atoms with Gasteiger partial charge in [-0.2, -0.15) is 4.98 Å². The van der Waals surface area contributed by atoms with Crippen LogP contribution in [0.2, 0.25) is 0 Å². The van der Waals surface area contributed by atoms with Gasteiger partial charge in [0.1, 0.15) is 11.6 Å². The summed E-state index contributed by atoms with van der Waals surface area (Å²) in [4.78, 5) is 23.4. The van der Waals surface area contributed by atoms with Crippen molar-refractivity contribution >= 4 is 17.3 Å². The number of Topliss-reactive ketones (excluding diaryl/α,β-unsaturated/α-hetero) is 1. The molecule has 1 aromatic rings. The molecule has 0 aromatic carbocycles. The molecule has 1 unspecified atom stereocenters. The molecule has 0 radical (unpaired) electrons. The fraction of sp³-hybridized carbons (Fsp3) is 0.550. The van der Waals surface area contributed by atoms with Crippen molar-refractivity contribution in [3.63, 3.8) is 0 Å². The van der Waals surface area contributed by atoms with Crippen LogP contribution >= 0.6 is 0 Å². The Bertz CT molecular complexity index is 789. The van der Waals surface area contributed by atoms with Gasteiger partial charge in [0.25, 0.3) is 0 Å². The number of methoxy groups -OCH3 is 1. The van der Waals surface area contributed by atoms with Gasteiger partial charge in [0, 0.05) is 49.2 Å². The van der Waals surface area contributed by atoms with Gasteiger partial charge in [-0.05, 0) is 31.4 Å². The van der Waals surface area contributed by atoms with Crippen molar-refractivity contribution in [2.75, 3.05) is 31.6 Å². The van der Waals surface area contributed by atoms with Gasteiger partial charge >= 0.3 is 0 Å². The first kappa shape index (κ1) is 17.2. The molecule has 1 N–H and O–H groups in total. The number of rotatable bonds is 3. The number of carbonyl (C=O) groups is 1. The number of piperidine rings is 1. The summed E-state index contributed by atoms with van der Waals surface area (Å²) in [5.41, 5.74) is 1.95. The predicted molar refractivity (Wildman–Crippen MR) is 99.9 cm³/mol. The molecule has 1 aromatic heterocycles. The van der Waals surface area contributed by atoms with Crippen LogP contribution in [-0.4, -0.2) is 53.9 Å². The highest BCUT2D eigenvalue weighted by atomic mass is 16.5. The summed E-state index contributed by atoms with van der Waals surface area (Å²) in [6.07, 6.45) is 2.60. The number of aliphatic imine (C=N–C) groups is 1. The molecule has 3 aliphatic rings. The molecule has 6 nitrogen and oxygen atoms in total. The molecule has 1 atom stereocenters. The van der Waals surface area contributed by atoms with Crippen LogP contribution in [0.25, 0.3) is 0 Å². The summed E-state index contributed by atoms with van der Waals surface area (Å²) in [6, 6.07) is 5.82. The normalized spacial score (nSPS) is 26.8. The molecule has 4 rings (SSSR count). The molecule has 6 heteroatoms. The number of ether oxygens (including phenoxy) is 1.